The van der Waals surface area contributed by atoms with E-state index in [1.165, 1.54) is 25.7 Å². The van der Waals surface area contributed by atoms with Gasteiger partial charge in [0.05, 0.1) is 5.56 Å². The van der Waals surface area contributed by atoms with Gasteiger partial charge in [0.1, 0.15) is 0 Å². The average Bonchev–Trinajstić information content (AvgIpc) is 2.86. The number of rotatable bonds is 5. The van der Waals surface area contributed by atoms with Gasteiger partial charge in [-0.2, -0.15) is 0 Å². The van der Waals surface area contributed by atoms with Crippen LogP contribution in [0.3, 0.4) is 0 Å². The van der Waals surface area contributed by atoms with Gasteiger partial charge in [0, 0.05) is 23.8 Å². The van der Waals surface area contributed by atoms with Crippen LogP contribution in [0.15, 0.2) is 18.2 Å². The van der Waals surface area contributed by atoms with Crippen molar-refractivity contribution < 1.29 is 4.79 Å². The van der Waals surface area contributed by atoms with Gasteiger partial charge in [0.2, 0.25) is 0 Å². The quantitative estimate of drug-likeness (QED) is 0.859. The Morgan fingerprint density at radius 2 is 2.05 bits per heavy atom. The van der Waals surface area contributed by atoms with Gasteiger partial charge in [-0.3, -0.25) is 4.79 Å². The van der Waals surface area contributed by atoms with E-state index in [0.717, 1.165) is 18.8 Å². The highest BCUT2D eigenvalue weighted by Crippen LogP contribution is 2.36. The Balaban J connectivity index is 2.06. The smallest absolute Gasteiger partial charge is 0.253 e. The lowest BCUT2D eigenvalue weighted by molar-refractivity contribution is 0.0935. The average molecular weight is 295 g/mol. The van der Waals surface area contributed by atoms with Crippen molar-refractivity contribution in [3.05, 3.63) is 28.8 Å². The minimum atomic E-state index is -0.0448. The maximum absolute atomic E-state index is 12.4. The molecule has 0 atom stereocenters. The molecule has 0 aromatic heterocycles. The first-order chi connectivity index (χ1) is 9.54. The Hall–Kier alpha value is -1.22. The first-order valence-electron chi connectivity index (χ1n) is 7.36. The van der Waals surface area contributed by atoms with E-state index in [4.69, 9.17) is 11.6 Å². The van der Waals surface area contributed by atoms with E-state index in [1.54, 1.807) is 12.1 Å². The SMILES string of the molecule is CCNc1ccc(Cl)cc1C(=O)NCC1(C)CCCC1. The van der Waals surface area contributed by atoms with Crippen molar-refractivity contribution in [2.75, 3.05) is 18.4 Å². The first-order valence-corrected chi connectivity index (χ1v) is 7.73. The summed E-state index contributed by atoms with van der Waals surface area (Å²) in [6.07, 6.45) is 4.93. The fourth-order valence-corrected chi connectivity index (χ4v) is 3.02. The lowest BCUT2D eigenvalue weighted by Gasteiger charge is -2.24. The van der Waals surface area contributed by atoms with Crippen LogP contribution in [0.5, 0.6) is 0 Å². The molecule has 1 aromatic rings. The molecule has 1 aliphatic rings. The van der Waals surface area contributed by atoms with Gasteiger partial charge < -0.3 is 10.6 Å². The second-order valence-corrected chi connectivity index (χ2v) is 6.36. The largest absolute Gasteiger partial charge is 0.385 e. The van der Waals surface area contributed by atoms with E-state index >= 15 is 0 Å². The molecule has 1 fully saturated rings. The molecule has 0 aliphatic heterocycles. The Morgan fingerprint density at radius 1 is 1.35 bits per heavy atom. The fraction of sp³-hybridized carbons (Fsp3) is 0.562. The van der Waals surface area contributed by atoms with Gasteiger partial charge in [-0.15, -0.1) is 0 Å². The summed E-state index contributed by atoms with van der Waals surface area (Å²) in [6.45, 7) is 5.78. The third-order valence-electron chi connectivity index (χ3n) is 4.08. The number of hydrogen-bond acceptors (Lipinski definition) is 2. The van der Waals surface area contributed by atoms with Crippen molar-refractivity contribution in [3.63, 3.8) is 0 Å². The number of nitrogens with one attached hydrogen (secondary N) is 2. The normalized spacial score (nSPS) is 16.9. The topological polar surface area (TPSA) is 41.1 Å². The fourth-order valence-electron chi connectivity index (χ4n) is 2.84. The zero-order valence-corrected chi connectivity index (χ0v) is 13.0. The summed E-state index contributed by atoms with van der Waals surface area (Å²) in [5, 5.41) is 6.86. The Kier molecular flexibility index (Phi) is 4.92. The van der Waals surface area contributed by atoms with Gasteiger partial charge in [0.25, 0.3) is 5.91 Å². The molecule has 0 radical (unpaired) electrons. The molecule has 0 unspecified atom stereocenters. The number of carbonyl (C=O) groups excluding carboxylic acids is 1. The molecule has 3 nitrogen and oxygen atoms in total. The molecule has 4 heteroatoms. The zero-order valence-electron chi connectivity index (χ0n) is 12.3. The molecule has 1 saturated carbocycles. The monoisotopic (exact) mass is 294 g/mol. The van der Waals surface area contributed by atoms with Gasteiger partial charge in [-0.1, -0.05) is 31.4 Å². The van der Waals surface area contributed by atoms with Gasteiger partial charge in [-0.25, -0.2) is 0 Å². The van der Waals surface area contributed by atoms with Crippen LogP contribution in [0.1, 0.15) is 49.9 Å². The lowest BCUT2D eigenvalue weighted by Crippen LogP contribution is -2.34. The van der Waals surface area contributed by atoms with E-state index < -0.39 is 0 Å². The van der Waals surface area contributed by atoms with Crippen LogP contribution in [-0.4, -0.2) is 19.0 Å². The van der Waals surface area contributed by atoms with E-state index in [9.17, 15) is 4.79 Å². The molecule has 2 rings (SSSR count). The zero-order chi connectivity index (χ0) is 14.6. The second-order valence-electron chi connectivity index (χ2n) is 5.92. The number of anilines is 1. The van der Waals surface area contributed by atoms with E-state index in [1.807, 2.05) is 13.0 Å². The highest BCUT2D eigenvalue weighted by atomic mass is 35.5. The van der Waals surface area contributed by atoms with Crippen LogP contribution in [0.25, 0.3) is 0 Å². The standard InChI is InChI=1S/C16H23ClN2O/c1-3-18-14-7-6-12(17)10-13(14)15(20)19-11-16(2)8-4-5-9-16/h6-7,10,18H,3-5,8-9,11H2,1-2H3,(H,19,20). The van der Waals surface area contributed by atoms with Crippen molar-refractivity contribution in [3.8, 4) is 0 Å². The van der Waals surface area contributed by atoms with Gasteiger partial charge >= 0.3 is 0 Å². The molecular formula is C16H23ClN2O. The van der Waals surface area contributed by atoms with Crippen molar-refractivity contribution >= 4 is 23.2 Å². The Morgan fingerprint density at radius 3 is 2.70 bits per heavy atom. The molecule has 0 bridgehead atoms. The van der Waals surface area contributed by atoms with Crippen molar-refractivity contribution in [2.24, 2.45) is 5.41 Å². The number of hydrogen-bond donors (Lipinski definition) is 2. The van der Waals surface area contributed by atoms with Crippen LogP contribution in [-0.2, 0) is 0 Å². The summed E-state index contributed by atoms with van der Waals surface area (Å²) in [7, 11) is 0. The molecule has 0 spiro atoms. The summed E-state index contributed by atoms with van der Waals surface area (Å²) in [5.41, 5.74) is 1.72. The molecular weight excluding hydrogens is 272 g/mol. The lowest BCUT2D eigenvalue weighted by atomic mass is 9.89. The summed E-state index contributed by atoms with van der Waals surface area (Å²) < 4.78 is 0. The van der Waals surface area contributed by atoms with Crippen LogP contribution < -0.4 is 10.6 Å². The van der Waals surface area contributed by atoms with Gasteiger partial charge in [-0.05, 0) is 43.4 Å². The van der Waals surface area contributed by atoms with Crippen molar-refractivity contribution in [1.82, 2.24) is 5.32 Å². The molecule has 0 heterocycles. The molecule has 110 valence electrons. The second kappa shape index (κ2) is 6.49. The number of amides is 1. The molecule has 20 heavy (non-hydrogen) atoms. The summed E-state index contributed by atoms with van der Waals surface area (Å²) in [6, 6.07) is 5.39. The number of halogens is 1. The van der Waals surface area contributed by atoms with E-state index in [0.29, 0.717) is 10.6 Å². The third kappa shape index (κ3) is 3.66. The Labute approximate surface area is 126 Å². The van der Waals surface area contributed by atoms with Crippen LogP contribution in [0.2, 0.25) is 5.02 Å². The minimum Gasteiger partial charge on any atom is -0.385 e. The maximum Gasteiger partial charge on any atom is 0.253 e. The minimum absolute atomic E-state index is 0.0448. The van der Waals surface area contributed by atoms with Crippen LogP contribution in [0.4, 0.5) is 5.69 Å². The molecule has 1 aromatic carbocycles. The highest BCUT2D eigenvalue weighted by Gasteiger charge is 2.29. The van der Waals surface area contributed by atoms with E-state index in [-0.39, 0.29) is 11.3 Å². The summed E-state index contributed by atoms with van der Waals surface area (Å²) in [4.78, 5) is 12.4. The van der Waals surface area contributed by atoms with Crippen LogP contribution >= 0.6 is 11.6 Å². The predicted molar refractivity (Wildman–Crippen MR) is 84.5 cm³/mol. The Bertz CT molecular complexity index is 481. The third-order valence-corrected chi connectivity index (χ3v) is 4.31. The molecule has 0 saturated heterocycles. The maximum atomic E-state index is 12.4. The highest BCUT2D eigenvalue weighted by molar-refractivity contribution is 6.31. The van der Waals surface area contributed by atoms with Crippen molar-refractivity contribution in [2.45, 2.75) is 39.5 Å². The number of carbonyl (C=O) groups is 1. The van der Waals surface area contributed by atoms with Crippen molar-refractivity contribution in [1.29, 1.82) is 0 Å². The molecule has 2 N–H and O–H groups in total. The molecule has 1 amide bonds. The molecule has 1 aliphatic carbocycles. The van der Waals surface area contributed by atoms with Crippen LogP contribution in [0, 0.1) is 5.41 Å². The number of benzene rings is 1. The van der Waals surface area contributed by atoms with Gasteiger partial charge in [0.15, 0.2) is 0 Å². The van der Waals surface area contributed by atoms with E-state index in [2.05, 4.69) is 17.6 Å². The summed E-state index contributed by atoms with van der Waals surface area (Å²) in [5.74, 6) is -0.0448. The first kappa shape index (κ1) is 15.2. The summed E-state index contributed by atoms with van der Waals surface area (Å²) >= 11 is 6.01. The predicted octanol–water partition coefficient (Wildman–Crippen LogP) is 4.08.